The highest BCUT2D eigenvalue weighted by molar-refractivity contribution is 9.40. The maximum atomic E-state index is 11.6. The van der Waals surface area contributed by atoms with E-state index in [-0.39, 0.29) is 11.7 Å². The molecule has 0 saturated carbocycles. The third-order valence-corrected chi connectivity index (χ3v) is 2.86. The minimum absolute atomic E-state index is 0.0427. The Bertz CT molecular complexity index is 426. The van der Waals surface area contributed by atoms with Crippen LogP contribution < -0.4 is 5.32 Å². The first-order valence-electron chi connectivity index (χ1n) is 4.30. The zero-order valence-corrected chi connectivity index (χ0v) is 13.0. The molecule has 3 nitrogen and oxygen atoms in total. The Kier molecular flexibility index (Phi) is 4.70. The lowest BCUT2D eigenvalue weighted by Crippen LogP contribution is -2.25. The number of Topliss-reactive ketones (excluding diaryl/α,β-unsaturated/α-hetero) is 1. The molecule has 1 aromatic rings. The number of alkyl halides is 3. The molecule has 0 heterocycles. The molecule has 86 valence electrons. The van der Waals surface area contributed by atoms with Gasteiger partial charge in [0.05, 0.1) is 0 Å². The van der Waals surface area contributed by atoms with Crippen LogP contribution >= 0.6 is 47.8 Å². The molecule has 0 aliphatic carbocycles. The van der Waals surface area contributed by atoms with Crippen LogP contribution in [0.2, 0.25) is 0 Å². The maximum absolute atomic E-state index is 11.6. The molecule has 0 fully saturated rings. The number of amides is 1. The van der Waals surface area contributed by atoms with Crippen LogP contribution in [0.5, 0.6) is 0 Å². The highest BCUT2D eigenvalue weighted by Gasteiger charge is 2.28. The second kappa shape index (κ2) is 5.42. The van der Waals surface area contributed by atoms with E-state index in [1.165, 1.54) is 6.92 Å². The van der Waals surface area contributed by atoms with Gasteiger partial charge in [-0.2, -0.15) is 0 Å². The van der Waals surface area contributed by atoms with Crippen molar-refractivity contribution >= 4 is 65.2 Å². The number of hydrogen-bond acceptors (Lipinski definition) is 2. The molecule has 1 N–H and O–H groups in total. The summed E-state index contributed by atoms with van der Waals surface area (Å²) in [7, 11) is 0. The minimum atomic E-state index is -1.00. The highest BCUT2D eigenvalue weighted by atomic mass is 80.0. The van der Waals surface area contributed by atoms with E-state index in [0.29, 0.717) is 11.3 Å². The lowest BCUT2D eigenvalue weighted by Gasteiger charge is -2.12. The van der Waals surface area contributed by atoms with E-state index in [1.807, 2.05) is 0 Å². The van der Waals surface area contributed by atoms with Gasteiger partial charge in [-0.15, -0.1) is 0 Å². The van der Waals surface area contributed by atoms with Crippen molar-refractivity contribution in [1.82, 2.24) is 0 Å². The highest BCUT2D eigenvalue weighted by Crippen LogP contribution is 2.34. The Morgan fingerprint density at radius 1 is 1.25 bits per heavy atom. The smallest absolute Gasteiger partial charge is 0.263 e. The largest absolute Gasteiger partial charge is 0.323 e. The number of rotatable bonds is 2. The maximum Gasteiger partial charge on any atom is 0.263 e. The molecule has 1 amide bonds. The summed E-state index contributed by atoms with van der Waals surface area (Å²) in [6.07, 6.45) is 0. The van der Waals surface area contributed by atoms with E-state index in [2.05, 4.69) is 53.1 Å². The Morgan fingerprint density at radius 3 is 2.38 bits per heavy atom. The monoisotopic (exact) mass is 411 g/mol. The van der Waals surface area contributed by atoms with Crippen LogP contribution in [0.4, 0.5) is 5.69 Å². The first-order valence-corrected chi connectivity index (χ1v) is 6.68. The van der Waals surface area contributed by atoms with Gasteiger partial charge in [-0.05, 0) is 66.8 Å². The molecule has 1 aromatic carbocycles. The third kappa shape index (κ3) is 3.99. The predicted octanol–water partition coefficient (Wildman–Crippen LogP) is 3.67. The van der Waals surface area contributed by atoms with Crippen molar-refractivity contribution in [2.24, 2.45) is 0 Å². The molecule has 0 radical (unpaired) electrons. The number of anilines is 1. The molecule has 0 unspecified atom stereocenters. The Balaban J connectivity index is 2.87. The van der Waals surface area contributed by atoms with Crippen LogP contribution in [0.1, 0.15) is 17.3 Å². The minimum Gasteiger partial charge on any atom is -0.323 e. The number of ketones is 1. The summed E-state index contributed by atoms with van der Waals surface area (Å²) >= 11 is 9.31. The van der Waals surface area contributed by atoms with Crippen LogP contribution in [-0.4, -0.2) is 13.8 Å². The predicted molar refractivity (Wildman–Crippen MR) is 74.6 cm³/mol. The summed E-state index contributed by atoms with van der Waals surface area (Å²) < 4.78 is -1.00. The van der Waals surface area contributed by atoms with Gasteiger partial charge in [-0.25, -0.2) is 0 Å². The standard InChI is InChI=1S/C10H8Br3NO2/c1-6(15)7-3-2-4-8(5-7)14-9(16)10(11,12)13/h2-5H,1H3,(H,14,16). The van der Waals surface area contributed by atoms with Crippen LogP contribution in [0.25, 0.3) is 0 Å². The fourth-order valence-corrected chi connectivity index (χ4v) is 1.32. The number of carbonyl (C=O) groups excluding carboxylic acids is 2. The molecule has 0 aliphatic rings. The number of benzene rings is 1. The lowest BCUT2D eigenvalue weighted by atomic mass is 10.1. The van der Waals surface area contributed by atoms with Crippen molar-refractivity contribution in [2.45, 2.75) is 9.07 Å². The summed E-state index contributed by atoms with van der Waals surface area (Å²) in [6, 6.07) is 6.74. The normalized spacial score (nSPS) is 11.0. The zero-order valence-electron chi connectivity index (χ0n) is 8.26. The van der Waals surface area contributed by atoms with E-state index in [9.17, 15) is 9.59 Å². The van der Waals surface area contributed by atoms with Gasteiger partial charge in [0.2, 0.25) is 2.14 Å². The molecular formula is C10H8Br3NO2. The first kappa shape index (κ1) is 13.9. The molecule has 0 bridgehead atoms. The summed E-state index contributed by atoms with van der Waals surface area (Å²) in [5, 5.41) is 2.65. The fraction of sp³-hybridized carbons (Fsp3) is 0.200. The van der Waals surface area contributed by atoms with Gasteiger partial charge in [0.15, 0.2) is 5.78 Å². The van der Waals surface area contributed by atoms with Crippen LogP contribution in [0.3, 0.4) is 0 Å². The molecule has 0 atom stereocenters. The third-order valence-electron chi connectivity index (χ3n) is 1.78. The number of hydrogen-bond donors (Lipinski definition) is 1. The van der Waals surface area contributed by atoms with E-state index in [0.717, 1.165) is 0 Å². The molecule has 0 aliphatic heterocycles. The number of nitrogens with one attached hydrogen (secondary N) is 1. The van der Waals surface area contributed by atoms with Crippen LogP contribution in [0.15, 0.2) is 24.3 Å². The summed E-state index contributed by atoms with van der Waals surface area (Å²) in [4.78, 5) is 22.7. The molecule has 6 heteroatoms. The summed E-state index contributed by atoms with van der Waals surface area (Å²) in [5.41, 5.74) is 1.13. The van der Waals surface area contributed by atoms with Gasteiger partial charge in [-0.1, -0.05) is 12.1 Å². The molecular weight excluding hydrogens is 406 g/mol. The Labute approximate surface area is 118 Å². The van der Waals surface area contributed by atoms with Gasteiger partial charge in [0.1, 0.15) is 0 Å². The summed E-state index contributed by atoms with van der Waals surface area (Å²) in [6.45, 7) is 1.48. The van der Waals surface area contributed by atoms with Crippen molar-refractivity contribution in [1.29, 1.82) is 0 Å². The molecule has 0 aromatic heterocycles. The Hall–Kier alpha value is -0.200. The van der Waals surface area contributed by atoms with E-state index >= 15 is 0 Å². The van der Waals surface area contributed by atoms with Crippen molar-refractivity contribution in [3.05, 3.63) is 29.8 Å². The SMILES string of the molecule is CC(=O)c1cccc(NC(=O)C(Br)(Br)Br)c1. The summed E-state index contributed by atoms with van der Waals surface area (Å²) in [5.74, 6) is -0.355. The topological polar surface area (TPSA) is 46.2 Å². The average molecular weight is 414 g/mol. The molecule has 16 heavy (non-hydrogen) atoms. The van der Waals surface area contributed by atoms with Crippen LogP contribution in [0, 0.1) is 0 Å². The van der Waals surface area contributed by atoms with Gasteiger partial charge < -0.3 is 5.32 Å². The van der Waals surface area contributed by atoms with E-state index in [1.54, 1.807) is 24.3 Å². The molecule has 0 spiro atoms. The van der Waals surface area contributed by atoms with Crippen molar-refractivity contribution in [3.8, 4) is 0 Å². The van der Waals surface area contributed by atoms with Gasteiger partial charge in [0.25, 0.3) is 5.91 Å². The Morgan fingerprint density at radius 2 is 1.88 bits per heavy atom. The van der Waals surface area contributed by atoms with Crippen LogP contribution in [-0.2, 0) is 4.79 Å². The van der Waals surface area contributed by atoms with Crippen molar-refractivity contribution in [2.75, 3.05) is 5.32 Å². The average Bonchev–Trinajstić information content (AvgIpc) is 2.16. The quantitative estimate of drug-likeness (QED) is 0.594. The molecule has 1 rings (SSSR count). The second-order valence-electron chi connectivity index (χ2n) is 3.09. The van der Waals surface area contributed by atoms with Crippen molar-refractivity contribution < 1.29 is 9.59 Å². The first-order chi connectivity index (χ1) is 7.30. The van der Waals surface area contributed by atoms with Crippen molar-refractivity contribution in [3.63, 3.8) is 0 Å². The lowest BCUT2D eigenvalue weighted by molar-refractivity contribution is -0.114. The second-order valence-corrected chi connectivity index (χ2v) is 9.85. The van der Waals surface area contributed by atoms with E-state index in [4.69, 9.17) is 0 Å². The van der Waals surface area contributed by atoms with Gasteiger partial charge >= 0.3 is 0 Å². The fourth-order valence-electron chi connectivity index (χ4n) is 1.02. The number of halogens is 3. The number of carbonyl (C=O) groups is 2. The zero-order chi connectivity index (χ0) is 12.3. The van der Waals surface area contributed by atoms with Gasteiger partial charge in [0, 0.05) is 11.3 Å². The van der Waals surface area contributed by atoms with Gasteiger partial charge in [-0.3, -0.25) is 9.59 Å². The van der Waals surface area contributed by atoms with E-state index < -0.39 is 2.14 Å². The molecule has 0 saturated heterocycles.